The number of sulfonamides is 1. The molecule has 0 fully saturated rings. The van der Waals surface area contributed by atoms with Crippen molar-refractivity contribution in [1.82, 2.24) is 9.71 Å². The van der Waals surface area contributed by atoms with Gasteiger partial charge in [0.15, 0.2) is 0 Å². The molecule has 2 aromatic rings. The minimum atomic E-state index is -3.46. The predicted octanol–water partition coefficient (Wildman–Crippen LogP) is 1.92. The molecule has 0 saturated heterocycles. The Kier molecular flexibility index (Phi) is 3.13. The zero-order valence-electron chi connectivity index (χ0n) is 9.71. The number of fused-ring (bicyclic) bond motifs is 1. The number of benzene rings is 1. The number of hydrogen-bond acceptors (Lipinski definition) is 3. The predicted molar refractivity (Wildman–Crippen MR) is 67.2 cm³/mol. The number of nitrogens with one attached hydrogen (secondary N) is 1. The Bertz CT molecular complexity index is 631. The van der Waals surface area contributed by atoms with Crippen LogP contribution in [0, 0.1) is 0 Å². The molecule has 1 aromatic carbocycles. The highest BCUT2D eigenvalue weighted by Gasteiger charge is 2.17. The summed E-state index contributed by atoms with van der Waals surface area (Å²) in [6.45, 7) is 3.59. The van der Waals surface area contributed by atoms with Crippen LogP contribution in [0.5, 0.6) is 0 Å². The van der Waals surface area contributed by atoms with Crippen LogP contribution in [0.4, 0.5) is 0 Å². The third-order valence-electron chi connectivity index (χ3n) is 2.32. The average molecular weight is 250 g/mol. The summed E-state index contributed by atoms with van der Waals surface area (Å²) in [6.07, 6.45) is 3.25. The fourth-order valence-electron chi connectivity index (χ4n) is 1.70. The molecular weight excluding hydrogens is 236 g/mol. The van der Waals surface area contributed by atoms with Gasteiger partial charge in [0, 0.05) is 29.2 Å². The maximum Gasteiger partial charge on any atom is 0.241 e. The first-order chi connectivity index (χ1) is 8.00. The van der Waals surface area contributed by atoms with Crippen LogP contribution in [-0.4, -0.2) is 19.4 Å². The van der Waals surface area contributed by atoms with E-state index in [0.29, 0.717) is 10.3 Å². The normalized spacial score (nSPS) is 12.2. The molecule has 0 saturated carbocycles. The van der Waals surface area contributed by atoms with Gasteiger partial charge in [-0.1, -0.05) is 12.1 Å². The average Bonchev–Trinajstić information content (AvgIpc) is 2.26. The lowest BCUT2D eigenvalue weighted by Gasteiger charge is -2.11. The summed E-state index contributed by atoms with van der Waals surface area (Å²) in [5.74, 6) is 0. The van der Waals surface area contributed by atoms with E-state index >= 15 is 0 Å². The molecule has 5 heteroatoms. The van der Waals surface area contributed by atoms with E-state index in [1.807, 2.05) is 6.07 Å². The number of rotatable bonds is 3. The zero-order valence-corrected chi connectivity index (χ0v) is 10.5. The zero-order chi connectivity index (χ0) is 12.5. The molecule has 0 unspecified atom stereocenters. The fraction of sp³-hybridized carbons (Fsp3) is 0.250. The summed E-state index contributed by atoms with van der Waals surface area (Å²) < 4.78 is 26.8. The number of hydrogen-bond donors (Lipinski definition) is 1. The summed E-state index contributed by atoms with van der Waals surface area (Å²) in [7, 11) is -3.46. The molecule has 0 aliphatic carbocycles. The molecule has 0 aliphatic rings. The summed E-state index contributed by atoms with van der Waals surface area (Å²) in [4.78, 5) is 4.28. The van der Waals surface area contributed by atoms with Crippen molar-refractivity contribution in [2.75, 3.05) is 0 Å². The van der Waals surface area contributed by atoms with Crippen LogP contribution in [0.1, 0.15) is 13.8 Å². The van der Waals surface area contributed by atoms with Crippen molar-refractivity contribution < 1.29 is 8.42 Å². The molecule has 0 spiro atoms. The molecular formula is C12H14N2O2S. The van der Waals surface area contributed by atoms with Crippen LogP contribution in [0.15, 0.2) is 41.6 Å². The largest absolute Gasteiger partial charge is 0.264 e. The molecule has 1 heterocycles. The number of pyridine rings is 1. The Morgan fingerprint density at radius 1 is 1.24 bits per heavy atom. The molecule has 1 N–H and O–H groups in total. The lowest BCUT2D eigenvalue weighted by Crippen LogP contribution is -2.30. The maximum atomic E-state index is 12.1. The second-order valence-electron chi connectivity index (χ2n) is 4.13. The van der Waals surface area contributed by atoms with Crippen molar-refractivity contribution in [2.45, 2.75) is 24.8 Å². The standard InChI is InChI=1S/C12H14N2O2S/c1-9(2)14-17(15,16)12-5-3-4-10-8-13-7-6-11(10)12/h3-9,14H,1-2H3. The van der Waals surface area contributed by atoms with Gasteiger partial charge in [0.1, 0.15) is 0 Å². The van der Waals surface area contributed by atoms with Crippen LogP contribution in [0.2, 0.25) is 0 Å². The van der Waals surface area contributed by atoms with Gasteiger partial charge in [0.2, 0.25) is 10.0 Å². The van der Waals surface area contributed by atoms with E-state index in [4.69, 9.17) is 0 Å². The van der Waals surface area contributed by atoms with Gasteiger partial charge in [0.05, 0.1) is 4.90 Å². The molecule has 4 nitrogen and oxygen atoms in total. The quantitative estimate of drug-likeness (QED) is 0.905. The van der Waals surface area contributed by atoms with E-state index in [-0.39, 0.29) is 6.04 Å². The fourth-order valence-corrected chi connectivity index (χ4v) is 3.18. The monoisotopic (exact) mass is 250 g/mol. The van der Waals surface area contributed by atoms with E-state index in [9.17, 15) is 8.42 Å². The smallest absolute Gasteiger partial charge is 0.241 e. The summed E-state index contributed by atoms with van der Waals surface area (Å²) in [5.41, 5.74) is 0. The second kappa shape index (κ2) is 4.43. The lowest BCUT2D eigenvalue weighted by molar-refractivity contribution is 0.571. The van der Waals surface area contributed by atoms with Gasteiger partial charge in [-0.2, -0.15) is 0 Å². The van der Waals surface area contributed by atoms with Gasteiger partial charge in [-0.3, -0.25) is 4.98 Å². The molecule has 0 aliphatic heterocycles. The van der Waals surface area contributed by atoms with Crippen molar-refractivity contribution in [2.24, 2.45) is 0 Å². The maximum absolute atomic E-state index is 12.1. The Labute approximate surface area is 101 Å². The third-order valence-corrected chi connectivity index (χ3v) is 4.04. The number of nitrogens with zero attached hydrogens (tertiary/aromatic N) is 1. The first kappa shape index (κ1) is 12.0. The van der Waals surface area contributed by atoms with E-state index in [1.54, 1.807) is 44.4 Å². The van der Waals surface area contributed by atoms with Gasteiger partial charge in [-0.05, 0) is 26.0 Å². The van der Waals surface area contributed by atoms with Crippen molar-refractivity contribution in [3.8, 4) is 0 Å². The van der Waals surface area contributed by atoms with Crippen molar-refractivity contribution in [1.29, 1.82) is 0 Å². The Hall–Kier alpha value is -1.46. The highest BCUT2D eigenvalue weighted by molar-refractivity contribution is 7.89. The summed E-state index contributed by atoms with van der Waals surface area (Å²) in [5, 5.41) is 1.51. The van der Waals surface area contributed by atoms with E-state index in [2.05, 4.69) is 9.71 Å². The summed E-state index contributed by atoms with van der Waals surface area (Å²) >= 11 is 0. The minimum absolute atomic E-state index is 0.128. The molecule has 17 heavy (non-hydrogen) atoms. The Morgan fingerprint density at radius 2 is 2.00 bits per heavy atom. The SMILES string of the molecule is CC(C)NS(=O)(=O)c1cccc2cnccc12. The van der Waals surface area contributed by atoms with Crippen LogP contribution < -0.4 is 4.72 Å². The Morgan fingerprint density at radius 3 is 2.71 bits per heavy atom. The van der Waals surface area contributed by atoms with Crippen LogP contribution >= 0.6 is 0 Å². The second-order valence-corrected chi connectivity index (χ2v) is 5.81. The summed E-state index contributed by atoms with van der Waals surface area (Å²) in [6, 6.07) is 6.75. The van der Waals surface area contributed by atoms with Crippen LogP contribution in [-0.2, 0) is 10.0 Å². The molecule has 0 radical (unpaired) electrons. The molecule has 0 amide bonds. The third kappa shape index (κ3) is 2.45. The Balaban J connectivity index is 2.63. The van der Waals surface area contributed by atoms with Gasteiger partial charge in [0.25, 0.3) is 0 Å². The molecule has 2 rings (SSSR count). The van der Waals surface area contributed by atoms with E-state index < -0.39 is 10.0 Å². The topological polar surface area (TPSA) is 59.1 Å². The van der Waals surface area contributed by atoms with Crippen molar-refractivity contribution in [3.05, 3.63) is 36.7 Å². The van der Waals surface area contributed by atoms with Crippen LogP contribution in [0.25, 0.3) is 10.8 Å². The van der Waals surface area contributed by atoms with Gasteiger partial charge >= 0.3 is 0 Å². The van der Waals surface area contributed by atoms with Crippen molar-refractivity contribution >= 4 is 20.8 Å². The molecule has 90 valence electrons. The molecule has 1 aromatic heterocycles. The van der Waals surface area contributed by atoms with E-state index in [1.165, 1.54) is 0 Å². The van der Waals surface area contributed by atoms with E-state index in [0.717, 1.165) is 5.39 Å². The van der Waals surface area contributed by atoms with Gasteiger partial charge in [-0.25, -0.2) is 13.1 Å². The van der Waals surface area contributed by atoms with Gasteiger partial charge in [-0.15, -0.1) is 0 Å². The first-order valence-electron chi connectivity index (χ1n) is 5.36. The molecule has 0 atom stereocenters. The lowest BCUT2D eigenvalue weighted by atomic mass is 10.2. The van der Waals surface area contributed by atoms with Gasteiger partial charge < -0.3 is 0 Å². The number of aromatic nitrogens is 1. The van der Waals surface area contributed by atoms with Crippen LogP contribution in [0.3, 0.4) is 0 Å². The first-order valence-corrected chi connectivity index (χ1v) is 6.84. The highest BCUT2D eigenvalue weighted by atomic mass is 32.2. The highest BCUT2D eigenvalue weighted by Crippen LogP contribution is 2.21. The van der Waals surface area contributed by atoms with Crippen molar-refractivity contribution in [3.63, 3.8) is 0 Å². The minimum Gasteiger partial charge on any atom is -0.264 e. The molecule has 0 bridgehead atoms.